The number of aromatic amines is 1. The van der Waals surface area contributed by atoms with Crippen molar-refractivity contribution in [2.75, 3.05) is 13.2 Å². The highest BCUT2D eigenvalue weighted by Gasteiger charge is 2.15. The molecule has 20 heavy (non-hydrogen) atoms. The zero-order chi connectivity index (χ0) is 14.1. The molecule has 1 aliphatic rings. The number of hydrogen-bond donors (Lipinski definition) is 2. The standard InChI is InChI=1S/C14H14N2O4/c1-8-10(7-13(17)18)16-14(15-8)9-2-3-11-12(6-9)20-5-4-19-11/h2-3,6H,4-5,7H2,1H3,(H,15,16)(H,17,18). The van der Waals surface area contributed by atoms with E-state index in [0.717, 1.165) is 11.3 Å². The van der Waals surface area contributed by atoms with E-state index in [-0.39, 0.29) is 6.42 Å². The van der Waals surface area contributed by atoms with Gasteiger partial charge in [-0.05, 0) is 25.1 Å². The van der Waals surface area contributed by atoms with E-state index in [1.165, 1.54) is 0 Å². The number of benzene rings is 1. The molecule has 0 atom stereocenters. The number of carbonyl (C=O) groups is 1. The summed E-state index contributed by atoms with van der Waals surface area (Å²) in [7, 11) is 0. The highest BCUT2D eigenvalue weighted by Crippen LogP contribution is 2.33. The summed E-state index contributed by atoms with van der Waals surface area (Å²) < 4.78 is 11.0. The van der Waals surface area contributed by atoms with E-state index in [1.807, 2.05) is 25.1 Å². The molecule has 0 bridgehead atoms. The predicted molar refractivity (Wildman–Crippen MR) is 71.1 cm³/mol. The SMILES string of the molecule is Cc1[nH]c(-c2ccc3c(c2)OCCO3)nc1CC(=O)O. The Morgan fingerprint density at radius 2 is 2.10 bits per heavy atom. The molecule has 0 amide bonds. The zero-order valence-electron chi connectivity index (χ0n) is 11.0. The molecule has 6 heteroatoms. The van der Waals surface area contributed by atoms with Crippen LogP contribution in [0.15, 0.2) is 18.2 Å². The lowest BCUT2D eigenvalue weighted by Crippen LogP contribution is -2.15. The number of aliphatic carboxylic acids is 1. The minimum atomic E-state index is -0.895. The van der Waals surface area contributed by atoms with Gasteiger partial charge in [0.05, 0.1) is 12.1 Å². The Hall–Kier alpha value is -2.50. The zero-order valence-corrected chi connectivity index (χ0v) is 11.0. The summed E-state index contributed by atoms with van der Waals surface area (Å²) in [5.74, 6) is 1.14. The van der Waals surface area contributed by atoms with Crippen molar-refractivity contribution in [2.24, 2.45) is 0 Å². The van der Waals surface area contributed by atoms with Gasteiger partial charge in [0.25, 0.3) is 0 Å². The molecule has 0 unspecified atom stereocenters. The van der Waals surface area contributed by atoms with Gasteiger partial charge in [-0.2, -0.15) is 0 Å². The van der Waals surface area contributed by atoms with Gasteiger partial charge in [0.1, 0.15) is 19.0 Å². The number of aryl methyl sites for hydroxylation is 1. The van der Waals surface area contributed by atoms with Crippen molar-refractivity contribution < 1.29 is 19.4 Å². The molecule has 0 saturated heterocycles. The quantitative estimate of drug-likeness (QED) is 0.891. The Labute approximate surface area is 115 Å². The van der Waals surface area contributed by atoms with Crippen molar-refractivity contribution in [3.8, 4) is 22.9 Å². The first kappa shape index (κ1) is 12.5. The summed E-state index contributed by atoms with van der Waals surface area (Å²) in [4.78, 5) is 18.2. The lowest BCUT2D eigenvalue weighted by molar-refractivity contribution is -0.136. The molecule has 0 aliphatic carbocycles. The first-order valence-corrected chi connectivity index (χ1v) is 6.31. The average molecular weight is 274 g/mol. The number of fused-ring (bicyclic) bond motifs is 1. The van der Waals surface area contributed by atoms with Crippen LogP contribution < -0.4 is 9.47 Å². The molecule has 2 aromatic rings. The first-order chi connectivity index (χ1) is 9.63. The van der Waals surface area contributed by atoms with Crippen LogP contribution in [0, 0.1) is 6.92 Å². The van der Waals surface area contributed by atoms with Crippen LogP contribution in [0.4, 0.5) is 0 Å². The Bertz CT molecular complexity index is 663. The monoisotopic (exact) mass is 274 g/mol. The van der Waals surface area contributed by atoms with Gasteiger partial charge in [0.15, 0.2) is 11.5 Å². The molecule has 1 aliphatic heterocycles. The first-order valence-electron chi connectivity index (χ1n) is 6.31. The Kier molecular flexibility index (Phi) is 3.06. The van der Waals surface area contributed by atoms with E-state index in [2.05, 4.69) is 9.97 Å². The van der Waals surface area contributed by atoms with Crippen LogP contribution in [-0.4, -0.2) is 34.3 Å². The maximum atomic E-state index is 10.8. The molecular formula is C14H14N2O4. The van der Waals surface area contributed by atoms with Gasteiger partial charge < -0.3 is 19.6 Å². The number of imidazole rings is 1. The molecule has 2 heterocycles. The predicted octanol–water partition coefficient (Wildman–Crippen LogP) is 1.78. The van der Waals surface area contributed by atoms with Crippen molar-refractivity contribution in [2.45, 2.75) is 13.3 Å². The Balaban J connectivity index is 1.94. The van der Waals surface area contributed by atoms with Crippen molar-refractivity contribution in [3.05, 3.63) is 29.6 Å². The van der Waals surface area contributed by atoms with E-state index in [0.29, 0.717) is 36.2 Å². The lowest BCUT2D eigenvalue weighted by Gasteiger charge is -2.18. The summed E-state index contributed by atoms with van der Waals surface area (Å²) in [5, 5.41) is 8.84. The molecule has 6 nitrogen and oxygen atoms in total. The topological polar surface area (TPSA) is 84.4 Å². The van der Waals surface area contributed by atoms with Gasteiger partial charge in [-0.25, -0.2) is 4.98 Å². The number of rotatable bonds is 3. The molecular weight excluding hydrogens is 260 g/mol. The maximum Gasteiger partial charge on any atom is 0.309 e. The van der Waals surface area contributed by atoms with Crippen molar-refractivity contribution in [3.63, 3.8) is 0 Å². The second-order valence-electron chi connectivity index (χ2n) is 4.59. The summed E-state index contributed by atoms with van der Waals surface area (Å²) >= 11 is 0. The number of aromatic nitrogens is 2. The van der Waals surface area contributed by atoms with Gasteiger partial charge in [0.2, 0.25) is 0 Å². The average Bonchev–Trinajstić information content (AvgIpc) is 2.79. The maximum absolute atomic E-state index is 10.8. The van der Waals surface area contributed by atoms with Gasteiger partial charge in [0, 0.05) is 11.3 Å². The smallest absolute Gasteiger partial charge is 0.309 e. The largest absolute Gasteiger partial charge is 0.486 e. The fraction of sp³-hybridized carbons (Fsp3) is 0.286. The van der Waals surface area contributed by atoms with E-state index >= 15 is 0 Å². The number of nitrogens with one attached hydrogen (secondary N) is 1. The van der Waals surface area contributed by atoms with Crippen LogP contribution in [-0.2, 0) is 11.2 Å². The number of ether oxygens (including phenoxy) is 2. The van der Waals surface area contributed by atoms with Crippen molar-refractivity contribution in [1.82, 2.24) is 9.97 Å². The van der Waals surface area contributed by atoms with Crippen molar-refractivity contribution >= 4 is 5.97 Å². The molecule has 0 saturated carbocycles. The fourth-order valence-corrected chi connectivity index (χ4v) is 2.14. The van der Waals surface area contributed by atoms with Gasteiger partial charge in [-0.15, -0.1) is 0 Å². The summed E-state index contributed by atoms with van der Waals surface area (Å²) in [6, 6.07) is 5.55. The fourth-order valence-electron chi connectivity index (χ4n) is 2.14. The third kappa shape index (κ3) is 2.32. The summed E-state index contributed by atoms with van der Waals surface area (Å²) in [6.45, 7) is 2.89. The summed E-state index contributed by atoms with van der Waals surface area (Å²) in [5.41, 5.74) is 2.15. The van der Waals surface area contributed by atoms with E-state index in [1.54, 1.807) is 0 Å². The second kappa shape index (κ2) is 4.88. The number of carboxylic acid groups (broad SMARTS) is 1. The lowest BCUT2D eigenvalue weighted by atomic mass is 10.2. The highest BCUT2D eigenvalue weighted by atomic mass is 16.6. The number of hydrogen-bond acceptors (Lipinski definition) is 4. The molecule has 1 aromatic heterocycles. The summed E-state index contributed by atoms with van der Waals surface area (Å²) in [6.07, 6.45) is -0.0904. The number of nitrogens with zero attached hydrogens (tertiary/aromatic N) is 1. The van der Waals surface area contributed by atoms with Crippen LogP contribution in [0.5, 0.6) is 11.5 Å². The van der Waals surface area contributed by atoms with Crippen LogP contribution in [0.25, 0.3) is 11.4 Å². The third-order valence-electron chi connectivity index (χ3n) is 3.12. The van der Waals surface area contributed by atoms with Gasteiger partial charge >= 0.3 is 5.97 Å². The molecule has 104 valence electrons. The van der Waals surface area contributed by atoms with Crippen LogP contribution in [0.3, 0.4) is 0 Å². The minimum absolute atomic E-state index is 0.0904. The minimum Gasteiger partial charge on any atom is -0.486 e. The van der Waals surface area contributed by atoms with Crippen LogP contribution >= 0.6 is 0 Å². The third-order valence-corrected chi connectivity index (χ3v) is 3.12. The second-order valence-corrected chi connectivity index (χ2v) is 4.59. The molecule has 2 N–H and O–H groups in total. The van der Waals surface area contributed by atoms with Gasteiger partial charge in [-0.1, -0.05) is 0 Å². The molecule has 1 aromatic carbocycles. The molecule has 0 spiro atoms. The van der Waals surface area contributed by atoms with Crippen LogP contribution in [0.2, 0.25) is 0 Å². The van der Waals surface area contributed by atoms with Gasteiger partial charge in [-0.3, -0.25) is 4.79 Å². The normalized spacial score (nSPS) is 13.2. The molecule has 3 rings (SSSR count). The van der Waals surface area contributed by atoms with E-state index in [4.69, 9.17) is 14.6 Å². The Morgan fingerprint density at radius 1 is 1.35 bits per heavy atom. The molecule has 0 radical (unpaired) electrons. The molecule has 0 fully saturated rings. The Morgan fingerprint density at radius 3 is 2.85 bits per heavy atom. The van der Waals surface area contributed by atoms with E-state index in [9.17, 15) is 4.79 Å². The number of carboxylic acids is 1. The highest BCUT2D eigenvalue weighted by molar-refractivity contribution is 5.70. The van der Waals surface area contributed by atoms with Crippen molar-refractivity contribution in [1.29, 1.82) is 0 Å². The van der Waals surface area contributed by atoms with Crippen LogP contribution in [0.1, 0.15) is 11.4 Å². The number of H-pyrrole nitrogens is 1. The van der Waals surface area contributed by atoms with E-state index < -0.39 is 5.97 Å².